The summed E-state index contributed by atoms with van der Waals surface area (Å²) in [5, 5.41) is 6.33. The first-order chi connectivity index (χ1) is 6.74. The molecule has 0 aromatic carbocycles. The molecule has 2 heterocycles. The Kier molecular flexibility index (Phi) is 3.28. The molecule has 6 heteroatoms. The maximum Gasteiger partial charge on any atom is 0.184 e. The van der Waals surface area contributed by atoms with Crippen molar-refractivity contribution < 1.29 is 0 Å². The van der Waals surface area contributed by atoms with Crippen LogP contribution in [0, 0.1) is 0 Å². The zero-order valence-electron chi connectivity index (χ0n) is 6.96. The number of anilines is 1. The molecule has 0 aliphatic carbocycles. The molecule has 0 aliphatic heterocycles. The van der Waals surface area contributed by atoms with Crippen LogP contribution in [0.25, 0.3) is 0 Å². The van der Waals surface area contributed by atoms with Crippen molar-refractivity contribution in [3.05, 3.63) is 31.9 Å². The molecule has 2 rings (SSSR count). The normalized spacial score (nSPS) is 10.4. The van der Waals surface area contributed by atoms with Crippen LogP contribution in [0.1, 0.15) is 4.88 Å². The molecule has 0 radical (unpaired) electrons. The predicted molar refractivity (Wildman–Crippen MR) is 63.8 cm³/mol. The first-order valence-corrected chi connectivity index (χ1v) is 6.28. The Morgan fingerprint density at radius 3 is 2.79 bits per heavy atom. The fourth-order valence-electron chi connectivity index (χ4n) is 0.945. The summed E-state index contributed by atoms with van der Waals surface area (Å²) in [6.45, 7) is 0.737. The molecule has 1 N–H and O–H groups in total. The second-order valence-electron chi connectivity index (χ2n) is 2.53. The van der Waals surface area contributed by atoms with Crippen LogP contribution in [0.3, 0.4) is 0 Å². The third kappa shape index (κ3) is 2.60. The van der Waals surface area contributed by atoms with E-state index in [1.807, 2.05) is 12.1 Å². The van der Waals surface area contributed by atoms with Crippen molar-refractivity contribution in [3.8, 4) is 0 Å². The largest absolute Gasteiger partial charge is 0.357 e. The van der Waals surface area contributed by atoms with E-state index >= 15 is 0 Å². The number of aromatic nitrogens is 1. The van der Waals surface area contributed by atoms with E-state index in [0.29, 0.717) is 5.15 Å². The Bertz CT molecular complexity index is 384. The molecule has 0 aliphatic rings. The second-order valence-corrected chi connectivity index (χ2v) is 5.58. The number of thiophene rings is 1. The Balaban J connectivity index is 1.94. The van der Waals surface area contributed by atoms with Crippen molar-refractivity contribution in [2.45, 2.75) is 6.54 Å². The van der Waals surface area contributed by atoms with E-state index in [9.17, 15) is 0 Å². The van der Waals surface area contributed by atoms with E-state index in [-0.39, 0.29) is 0 Å². The summed E-state index contributed by atoms with van der Waals surface area (Å²) in [6, 6.07) is 3.88. The number of thiazole rings is 1. The summed E-state index contributed by atoms with van der Waals surface area (Å²) in [5.41, 5.74) is 0. The number of nitrogens with one attached hydrogen (secondary N) is 1. The lowest BCUT2D eigenvalue weighted by molar-refractivity contribution is 1.17. The van der Waals surface area contributed by atoms with Crippen LogP contribution < -0.4 is 5.32 Å². The lowest BCUT2D eigenvalue weighted by Crippen LogP contribution is -1.95. The molecule has 2 nitrogen and oxygen atoms in total. The van der Waals surface area contributed by atoms with E-state index in [1.54, 1.807) is 16.7 Å². The van der Waals surface area contributed by atoms with Gasteiger partial charge in [-0.25, -0.2) is 4.98 Å². The number of nitrogens with zero attached hydrogens (tertiary/aromatic N) is 1. The minimum Gasteiger partial charge on any atom is -0.357 e. The fourth-order valence-corrected chi connectivity index (χ4v) is 2.81. The van der Waals surface area contributed by atoms with Crippen LogP contribution in [-0.4, -0.2) is 4.98 Å². The van der Waals surface area contributed by atoms with E-state index in [2.05, 4.69) is 10.3 Å². The molecule has 74 valence electrons. The first-order valence-electron chi connectivity index (χ1n) is 3.83. The van der Waals surface area contributed by atoms with Gasteiger partial charge in [-0.3, -0.25) is 0 Å². The van der Waals surface area contributed by atoms with Crippen LogP contribution in [0.5, 0.6) is 0 Å². The summed E-state index contributed by atoms with van der Waals surface area (Å²) in [6.07, 6.45) is 0. The molecule has 0 saturated heterocycles. The van der Waals surface area contributed by atoms with Gasteiger partial charge in [0.2, 0.25) is 0 Å². The molecule has 0 spiro atoms. The number of hydrogen-bond donors (Lipinski definition) is 1. The lowest BCUT2D eigenvalue weighted by atomic mass is 10.5. The van der Waals surface area contributed by atoms with Crippen molar-refractivity contribution in [3.63, 3.8) is 0 Å². The smallest absolute Gasteiger partial charge is 0.184 e. The maximum atomic E-state index is 5.80. The van der Waals surface area contributed by atoms with E-state index in [0.717, 1.165) is 16.0 Å². The zero-order chi connectivity index (χ0) is 9.97. The van der Waals surface area contributed by atoms with Gasteiger partial charge in [0.1, 0.15) is 5.15 Å². The SMILES string of the molecule is Clc1csc(NCc2ccc(Cl)s2)n1. The van der Waals surface area contributed by atoms with Gasteiger partial charge in [-0.2, -0.15) is 0 Å². The van der Waals surface area contributed by atoms with Crippen molar-refractivity contribution in [2.75, 3.05) is 5.32 Å². The molecule has 2 aromatic heterocycles. The van der Waals surface area contributed by atoms with Gasteiger partial charge in [0, 0.05) is 10.3 Å². The molecular weight excluding hydrogens is 259 g/mol. The Morgan fingerprint density at radius 2 is 2.21 bits per heavy atom. The lowest BCUT2D eigenvalue weighted by Gasteiger charge is -1.97. The third-order valence-corrected chi connectivity index (χ3v) is 3.87. The van der Waals surface area contributed by atoms with Crippen molar-refractivity contribution in [1.29, 1.82) is 0 Å². The molecule has 2 aromatic rings. The quantitative estimate of drug-likeness (QED) is 0.902. The van der Waals surface area contributed by atoms with Crippen molar-refractivity contribution >= 4 is 51.0 Å². The topological polar surface area (TPSA) is 24.9 Å². The number of rotatable bonds is 3. The van der Waals surface area contributed by atoms with Gasteiger partial charge >= 0.3 is 0 Å². The van der Waals surface area contributed by atoms with Crippen molar-refractivity contribution in [2.24, 2.45) is 0 Å². The molecule has 14 heavy (non-hydrogen) atoms. The molecule has 0 unspecified atom stereocenters. The van der Waals surface area contributed by atoms with Gasteiger partial charge in [0.25, 0.3) is 0 Å². The van der Waals surface area contributed by atoms with Crippen molar-refractivity contribution in [1.82, 2.24) is 4.98 Å². The van der Waals surface area contributed by atoms with E-state index in [4.69, 9.17) is 23.2 Å². The highest BCUT2D eigenvalue weighted by molar-refractivity contribution is 7.16. The predicted octanol–water partition coefficient (Wildman–Crippen LogP) is 4.12. The van der Waals surface area contributed by atoms with Crippen LogP contribution in [0.4, 0.5) is 5.13 Å². The zero-order valence-corrected chi connectivity index (χ0v) is 10.1. The molecule has 0 fully saturated rings. The van der Waals surface area contributed by atoms with Gasteiger partial charge in [-0.05, 0) is 12.1 Å². The summed E-state index contributed by atoms with van der Waals surface area (Å²) >= 11 is 14.5. The van der Waals surface area contributed by atoms with Gasteiger partial charge in [0.15, 0.2) is 5.13 Å². The highest BCUT2D eigenvalue weighted by atomic mass is 35.5. The summed E-state index contributed by atoms with van der Waals surface area (Å²) in [7, 11) is 0. The summed E-state index contributed by atoms with van der Waals surface area (Å²) < 4.78 is 0.805. The molecule has 0 amide bonds. The Morgan fingerprint density at radius 1 is 1.36 bits per heavy atom. The fraction of sp³-hybridized carbons (Fsp3) is 0.125. The second kappa shape index (κ2) is 4.49. The van der Waals surface area contributed by atoms with Gasteiger partial charge in [-0.1, -0.05) is 23.2 Å². The molecule has 0 atom stereocenters. The monoisotopic (exact) mass is 264 g/mol. The third-order valence-electron chi connectivity index (χ3n) is 1.52. The standard InChI is InChI=1S/C8H6Cl2N2S2/c9-6-4-13-8(12-6)11-3-5-1-2-7(10)14-5/h1-2,4H,3H2,(H,11,12). The Labute approximate surface area is 99.5 Å². The van der Waals surface area contributed by atoms with Gasteiger partial charge in [-0.15, -0.1) is 22.7 Å². The summed E-state index contributed by atoms with van der Waals surface area (Å²) in [4.78, 5) is 5.26. The van der Waals surface area contributed by atoms with Crippen LogP contribution in [0.2, 0.25) is 9.49 Å². The highest BCUT2D eigenvalue weighted by Gasteiger charge is 2.00. The van der Waals surface area contributed by atoms with Gasteiger partial charge < -0.3 is 5.32 Å². The van der Waals surface area contributed by atoms with Crippen LogP contribution >= 0.6 is 45.9 Å². The highest BCUT2D eigenvalue weighted by Crippen LogP contribution is 2.24. The summed E-state index contributed by atoms with van der Waals surface area (Å²) in [5.74, 6) is 0. The average molecular weight is 265 g/mol. The Hall–Kier alpha value is -0.290. The van der Waals surface area contributed by atoms with Crippen LogP contribution in [-0.2, 0) is 6.54 Å². The molecule has 0 bridgehead atoms. The minimum atomic E-state index is 0.529. The number of halogens is 2. The number of hydrogen-bond acceptors (Lipinski definition) is 4. The molecule has 0 saturated carbocycles. The first kappa shape index (κ1) is 10.2. The van der Waals surface area contributed by atoms with Gasteiger partial charge in [0.05, 0.1) is 10.9 Å². The van der Waals surface area contributed by atoms with E-state index in [1.165, 1.54) is 16.2 Å². The maximum absolute atomic E-state index is 5.80. The average Bonchev–Trinajstić information content (AvgIpc) is 2.72. The minimum absolute atomic E-state index is 0.529. The molecular formula is C8H6Cl2N2S2. The van der Waals surface area contributed by atoms with Crippen LogP contribution in [0.15, 0.2) is 17.5 Å². The van der Waals surface area contributed by atoms with E-state index < -0.39 is 0 Å².